The monoisotopic (exact) mass is 340 g/mol. The van der Waals surface area contributed by atoms with Gasteiger partial charge in [0.25, 0.3) is 5.91 Å². The summed E-state index contributed by atoms with van der Waals surface area (Å²) in [4.78, 5) is 21.5. The lowest BCUT2D eigenvalue weighted by molar-refractivity contribution is 0.102. The first-order valence-corrected chi connectivity index (χ1v) is 8.91. The average molecular weight is 340 g/mol. The Morgan fingerprint density at radius 1 is 1.28 bits per heavy atom. The van der Waals surface area contributed by atoms with E-state index in [0.29, 0.717) is 5.56 Å². The minimum atomic E-state index is -0.122. The molecule has 0 spiro atoms. The molecule has 1 N–H and O–H groups in total. The number of anilines is 2. The van der Waals surface area contributed by atoms with Crippen LogP contribution in [0.25, 0.3) is 0 Å². The zero-order valence-corrected chi connectivity index (χ0v) is 14.6. The lowest BCUT2D eigenvalue weighted by Gasteiger charge is -2.33. The van der Waals surface area contributed by atoms with E-state index < -0.39 is 0 Å². The molecule has 1 aliphatic heterocycles. The fourth-order valence-corrected chi connectivity index (χ4v) is 3.06. The molecular weight excluding hydrogens is 316 g/mol. The third-order valence-electron chi connectivity index (χ3n) is 4.87. The fraction of sp³-hybridized carbons (Fsp3) is 0.500. The number of nitrogens with one attached hydrogen (secondary N) is 1. The van der Waals surface area contributed by atoms with E-state index in [1.165, 1.54) is 12.8 Å². The lowest BCUT2D eigenvalue weighted by atomic mass is 10.2. The summed E-state index contributed by atoms with van der Waals surface area (Å²) in [6, 6.07) is 3.62. The van der Waals surface area contributed by atoms with Gasteiger partial charge in [-0.05, 0) is 37.9 Å². The highest BCUT2D eigenvalue weighted by molar-refractivity contribution is 6.04. The summed E-state index contributed by atoms with van der Waals surface area (Å²) in [5, 5.41) is 7.25. The van der Waals surface area contributed by atoms with Crippen LogP contribution in [0.2, 0.25) is 0 Å². The largest absolute Gasteiger partial charge is 0.354 e. The normalized spacial score (nSPS) is 18.4. The molecule has 132 valence electrons. The summed E-state index contributed by atoms with van der Waals surface area (Å²) in [5.41, 5.74) is 1.36. The molecule has 2 fully saturated rings. The number of pyridine rings is 1. The van der Waals surface area contributed by atoms with Gasteiger partial charge in [-0.25, -0.2) is 4.98 Å². The molecule has 2 aromatic heterocycles. The van der Waals surface area contributed by atoms with Crippen LogP contribution in [0, 0.1) is 5.92 Å². The second-order valence-electron chi connectivity index (χ2n) is 7.04. The molecule has 1 aliphatic carbocycles. The molecule has 0 aromatic carbocycles. The minimum absolute atomic E-state index is 0.122. The highest BCUT2D eigenvalue weighted by atomic mass is 16.1. The number of amides is 1. The van der Waals surface area contributed by atoms with Crippen molar-refractivity contribution in [3.05, 3.63) is 36.3 Å². The molecule has 1 saturated carbocycles. The molecule has 4 rings (SSSR count). The van der Waals surface area contributed by atoms with E-state index in [0.717, 1.165) is 50.1 Å². The molecule has 3 heterocycles. The summed E-state index contributed by atoms with van der Waals surface area (Å²) >= 11 is 0. The van der Waals surface area contributed by atoms with E-state index in [2.05, 4.69) is 32.2 Å². The van der Waals surface area contributed by atoms with Gasteiger partial charge in [0.2, 0.25) is 0 Å². The summed E-state index contributed by atoms with van der Waals surface area (Å²) < 4.78 is 1.91. The third-order valence-corrected chi connectivity index (χ3v) is 4.87. The Bertz CT molecular complexity index is 746. The predicted molar refractivity (Wildman–Crippen MR) is 96.9 cm³/mol. The van der Waals surface area contributed by atoms with Gasteiger partial charge in [0.15, 0.2) is 0 Å². The molecule has 7 nitrogen and oxygen atoms in total. The van der Waals surface area contributed by atoms with Crippen molar-refractivity contribution in [2.45, 2.75) is 19.4 Å². The van der Waals surface area contributed by atoms with Crippen molar-refractivity contribution < 1.29 is 4.79 Å². The van der Waals surface area contributed by atoms with Gasteiger partial charge in [0.1, 0.15) is 5.82 Å². The van der Waals surface area contributed by atoms with Crippen LogP contribution < -0.4 is 10.2 Å². The molecule has 1 amide bonds. The van der Waals surface area contributed by atoms with Crippen LogP contribution in [-0.2, 0) is 6.54 Å². The number of nitrogens with zero attached hydrogens (tertiary/aromatic N) is 5. The zero-order chi connectivity index (χ0) is 17.2. The molecule has 0 unspecified atom stereocenters. The number of piperazine rings is 1. The first kappa shape index (κ1) is 16.1. The van der Waals surface area contributed by atoms with Crippen molar-refractivity contribution in [2.24, 2.45) is 5.92 Å². The van der Waals surface area contributed by atoms with Gasteiger partial charge in [0.05, 0.1) is 11.9 Å². The Labute approximate surface area is 147 Å². The topological polar surface area (TPSA) is 66.3 Å². The van der Waals surface area contributed by atoms with Gasteiger partial charge >= 0.3 is 0 Å². The highest BCUT2D eigenvalue weighted by Crippen LogP contribution is 2.30. The molecule has 7 heteroatoms. The first-order valence-electron chi connectivity index (χ1n) is 8.91. The Morgan fingerprint density at radius 2 is 2.08 bits per heavy atom. The number of likely N-dealkylation sites (N-methyl/N-ethyl adjacent to an activating group) is 1. The Morgan fingerprint density at radius 3 is 2.84 bits per heavy atom. The molecule has 25 heavy (non-hydrogen) atoms. The van der Waals surface area contributed by atoms with Crippen molar-refractivity contribution in [1.82, 2.24) is 19.7 Å². The van der Waals surface area contributed by atoms with Crippen molar-refractivity contribution in [2.75, 3.05) is 43.4 Å². The zero-order valence-electron chi connectivity index (χ0n) is 14.6. The molecular formula is C18H24N6O. The minimum Gasteiger partial charge on any atom is -0.354 e. The SMILES string of the molecule is CN1CCN(c2cc(C(=O)Nc3cnn(CC4CC4)c3)ccn2)CC1. The molecule has 0 atom stereocenters. The van der Waals surface area contributed by atoms with E-state index in [1.54, 1.807) is 18.5 Å². The van der Waals surface area contributed by atoms with Gasteiger partial charge in [-0.1, -0.05) is 0 Å². The van der Waals surface area contributed by atoms with E-state index in [1.807, 2.05) is 16.9 Å². The maximum absolute atomic E-state index is 12.5. The second-order valence-corrected chi connectivity index (χ2v) is 7.04. The number of hydrogen-bond acceptors (Lipinski definition) is 5. The van der Waals surface area contributed by atoms with Crippen LogP contribution in [0.4, 0.5) is 11.5 Å². The number of carbonyl (C=O) groups is 1. The summed E-state index contributed by atoms with van der Waals surface area (Å²) in [7, 11) is 2.12. The first-order chi connectivity index (χ1) is 12.2. The number of hydrogen-bond donors (Lipinski definition) is 1. The maximum Gasteiger partial charge on any atom is 0.255 e. The second kappa shape index (κ2) is 6.84. The number of rotatable bonds is 5. The molecule has 0 bridgehead atoms. The average Bonchev–Trinajstić information content (AvgIpc) is 3.33. The Balaban J connectivity index is 1.41. The van der Waals surface area contributed by atoms with Gasteiger partial charge in [-0.15, -0.1) is 0 Å². The summed E-state index contributed by atoms with van der Waals surface area (Å²) in [6.07, 6.45) is 7.89. The van der Waals surface area contributed by atoms with Gasteiger partial charge in [-0.2, -0.15) is 5.10 Å². The maximum atomic E-state index is 12.5. The third kappa shape index (κ3) is 3.99. The molecule has 2 aliphatic rings. The van der Waals surface area contributed by atoms with Crippen molar-refractivity contribution >= 4 is 17.4 Å². The quantitative estimate of drug-likeness (QED) is 0.897. The number of aromatic nitrogens is 3. The highest BCUT2D eigenvalue weighted by Gasteiger charge is 2.22. The van der Waals surface area contributed by atoms with Crippen LogP contribution in [-0.4, -0.2) is 58.8 Å². The van der Waals surface area contributed by atoms with Crippen LogP contribution in [0.3, 0.4) is 0 Å². The van der Waals surface area contributed by atoms with E-state index in [9.17, 15) is 4.79 Å². The van der Waals surface area contributed by atoms with Crippen LogP contribution >= 0.6 is 0 Å². The van der Waals surface area contributed by atoms with E-state index in [4.69, 9.17) is 0 Å². The van der Waals surface area contributed by atoms with Crippen molar-refractivity contribution in [3.8, 4) is 0 Å². The molecule has 1 saturated heterocycles. The van der Waals surface area contributed by atoms with E-state index in [-0.39, 0.29) is 5.91 Å². The lowest BCUT2D eigenvalue weighted by Crippen LogP contribution is -2.44. The summed E-state index contributed by atoms with van der Waals surface area (Å²) in [6.45, 7) is 4.83. The molecule has 0 radical (unpaired) electrons. The van der Waals surface area contributed by atoms with Crippen LogP contribution in [0.5, 0.6) is 0 Å². The van der Waals surface area contributed by atoms with Crippen LogP contribution in [0.15, 0.2) is 30.7 Å². The molecule has 2 aromatic rings. The Kier molecular flexibility index (Phi) is 4.40. The van der Waals surface area contributed by atoms with Gasteiger partial charge < -0.3 is 15.1 Å². The smallest absolute Gasteiger partial charge is 0.255 e. The van der Waals surface area contributed by atoms with Crippen molar-refractivity contribution in [3.63, 3.8) is 0 Å². The fourth-order valence-electron chi connectivity index (χ4n) is 3.06. The predicted octanol–water partition coefficient (Wildman–Crippen LogP) is 1.69. The van der Waals surface area contributed by atoms with Crippen LogP contribution in [0.1, 0.15) is 23.2 Å². The standard InChI is InChI=1S/C18H24N6O/c1-22-6-8-23(9-7-22)17-10-15(4-5-19-17)18(25)21-16-11-20-24(13-16)12-14-2-3-14/h4-5,10-11,13-14H,2-3,6-9,12H2,1H3,(H,21,25). The van der Waals surface area contributed by atoms with Gasteiger partial charge in [-0.3, -0.25) is 9.48 Å². The number of carbonyl (C=O) groups excluding carboxylic acids is 1. The van der Waals surface area contributed by atoms with E-state index >= 15 is 0 Å². The van der Waals surface area contributed by atoms with Crippen molar-refractivity contribution in [1.29, 1.82) is 0 Å². The summed E-state index contributed by atoms with van der Waals surface area (Å²) in [5.74, 6) is 1.50. The van der Waals surface area contributed by atoms with Gasteiger partial charge in [0, 0.05) is 50.7 Å². The Hall–Kier alpha value is -2.41.